The molecule has 0 aliphatic carbocycles. The first-order valence-electron chi connectivity index (χ1n) is 1.65. The normalized spacial score (nSPS) is 16.7. The molecule has 0 heterocycles. The van der Waals surface area contributed by atoms with Gasteiger partial charge >= 0.3 is 0 Å². The standard InChI is InChI=1S/C3H4Cl4/c1-2(4)3(5,6)7/h2H,1H3/t2-/m0/s1. The Morgan fingerprint density at radius 2 is 1.43 bits per heavy atom. The lowest BCUT2D eigenvalue weighted by Crippen LogP contribution is -2.14. The van der Waals surface area contributed by atoms with E-state index in [1.807, 2.05) is 0 Å². The van der Waals surface area contributed by atoms with Crippen molar-refractivity contribution in [2.75, 3.05) is 0 Å². The zero-order valence-corrected chi connectivity index (χ0v) is 6.61. The van der Waals surface area contributed by atoms with Gasteiger partial charge in [0.25, 0.3) is 0 Å². The van der Waals surface area contributed by atoms with Crippen LogP contribution in [-0.2, 0) is 0 Å². The van der Waals surface area contributed by atoms with E-state index in [9.17, 15) is 0 Å². The van der Waals surface area contributed by atoms with E-state index in [1.54, 1.807) is 6.92 Å². The molecule has 0 N–H and O–H groups in total. The van der Waals surface area contributed by atoms with Crippen LogP contribution in [0.1, 0.15) is 6.92 Å². The van der Waals surface area contributed by atoms with Crippen molar-refractivity contribution in [3.63, 3.8) is 0 Å². The molecule has 0 spiro atoms. The zero-order valence-electron chi connectivity index (χ0n) is 3.59. The Kier molecular flexibility index (Phi) is 3.07. The molecule has 1 atom stereocenters. The molecule has 0 bridgehead atoms. The molecule has 0 unspecified atom stereocenters. The van der Waals surface area contributed by atoms with E-state index in [-0.39, 0.29) is 0 Å². The van der Waals surface area contributed by atoms with Crippen LogP contribution < -0.4 is 0 Å². The second-order valence-electron chi connectivity index (χ2n) is 1.16. The first-order chi connectivity index (χ1) is 2.94. The molecule has 0 amide bonds. The fourth-order valence-electron chi connectivity index (χ4n) is 0. The van der Waals surface area contributed by atoms with Gasteiger partial charge < -0.3 is 0 Å². The molecule has 0 aliphatic rings. The molecule has 0 aromatic carbocycles. The van der Waals surface area contributed by atoms with Crippen LogP contribution in [0.3, 0.4) is 0 Å². The van der Waals surface area contributed by atoms with Crippen LogP contribution in [0.2, 0.25) is 0 Å². The average Bonchev–Trinajstić information content (AvgIpc) is 1.31. The van der Waals surface area contributed by atoms with Crippen LogP contribution in [0.4, 0.5) is 0 Å². The minimum atomic E-state index is -1.32. The monoisotopic (exact) mass is 180 g/mol. The molecule has 44 valence electrons. The number of alkyl halides is 4. The fourth-order valence-corrected chi connectivity index (χ4v) is 0. The van der Waals surface area contributed by atoms with Crippen LogP contribution in [-0.4, -0.2) is 9.17 Å². The van der Waals surface area contributed by atoms with E-state index in [1.165, 1.54) is 0 Å². The molecule has 0 radical (unpaired) electrons. The number of halogens is 4. The Labute approximate surface area is 62.7 Å². The van der Waals surface area contributed by atoms with Gasteiger partial charge in [-0.25, -0.2) is 0 Å². The largest absolute Gasteiger partial charge is 0.206 e. The van der Waals surface area contributed by atoms with Gasteiger partial charge in [0.15, 0.2) is 0 Å². The van der Waals surface area contributed by atoms with Crippen molar-refractivity contribution in [2.24, 2.45) is 0 Å². The van der Waals surface area contributed by atoms with Crippen molar-refractivity contribution in [2.45, 2.75) is 16.1 Å². The van der Waals surface area contributed by atoms with Crippen molar-refractivity contribution in [1.82, 2.24) is 0 Å². The molecule has 0 saturated heterocycles. The summed E-state index contributed by atoms with van der Waals surface area (Å²) in [5, 5.41) is -0.433. The average molecular weight is 182 g/mol. The molecule has 0 aromatic rings. The lowest BCUT2D eigenvalue weighted by molar-refractivity contribution is 0.984. The number of hydrogen-bond acceptors (Lipinski definition) is 0. The molecule has 0 rings (SSSR count). The van der Waals surface area contributed by atoms with E-state index in [2.05, 4.69) is 0 Å². The smallest absolute Gasteiger partial charge is 0.119 e. The summed E-state index contributed by atoms with van der Waals surface area (Å²) in [5.41, 5.74) is 0. The Morgan fingerprint density at radius 1 is 1.29 bits per heavy atom. The van der Waals surface area contributed by atoms with Crippen LogP contribution in [0.25, 0.3) is 0 Å². The first kappa shape index (κ1) is 8.16. The lowest BCUT2D eigenvalue weighted by Gasteiger charge is -2.11. The van der Waals surface area contributed by atoms with Crippen molar-refractivity contribution < 1.29 is 0 Å². The molecule has 0 fully saturated rings. The summed E-state index contributed by atoms with van der Waals surface area (Å²) < 4.78 is -1.32. The van der Waals surface area contributed by atoms with Crippen molar-refractivity contribution in [3.05, 3.63) is 0 Å². The van der Waals surface area contributed by atoms with Crippen molar-refractivity contribution in [3.8, 4) is 0 Å². The number of rotatable bonds is 0. The van der Waals surface area contributed by atoms with Crippen LogP contribution in [0.5, 0.6) is 0 Å². The predicted molar refractivity (Wildman–Crippen MR) is 35.6 cm³/mol. The van der Waals surface area contributed by atoms with Gasteiger partial charge in [0.05, 0.1) is 5.38 Å². The summed E-state index contributed by atoms with van der Waals surface area (Å²) in [6.07, 6.45) is 0. The maximum Gasteiger partial charge on any atom is 0.206 e. The van der Waals surface area contributed by atoms with Gasteiger partial charge in [-0.3, -0.25) is 0 Å². The zero-order chi connectivity index (χ0) is 6.08. The highest BCUT2D eigenvalue weighted by Gasteiger charge is 2.25. The third-order valence-electron chi connectivity index (χ3n) is 0.451. The third kappa shape index (κ3) is 3.72. The van der Waals surface area contributed by atoms with E-state index in [0.717, 1.165) is 0 Å². The van der Waals surface area contributed by atoms with Crippen LogP contribution in [0.15, 0.2) is 0 Å². The lowest BCUT2D eigenvalue weighted by atomic mass is 10.5. The molecule has 0 aliphatic heterocycles. The summed E-state index contributed by atoms with van der Waals surface area (Å²) in [7, 11) is 0. The van der Waals surface area contributed by atoms with E-state index >= 15 is 0 Å². The highest BCUT2D eigenvalue weighted by molar-refractivity contribution is 6.70. The van der Waals surface area contributed by atoms with E-state index in [0.29, 0.717) is 0 Å². The highest BCUT2D eigenvalue weighted by Crippen LogP contribution is 2.32. The van der Waals surface area contributed by atoms with E-state index in [4.69, 9.17) is 46.4 Å². The minimum absolute atomic E-state index is 0.433. The molecule has 0 aromatic heterocycles. The van der Waals surface area contributed by atoms with Crippen molar-refractivity contribution in [1.29, 1.82) is 0 Å². The van der Waals surface area contributed by atoms with Gasteiger partial charge in [-0.15, -0.1) is 11.6 Å². The second-order valence-corrected chi connectivity index (χ2v) is 4.18. The van der Waals surface area contributed by atoms with Crippen molar-refractivity contribution >= 4 is 46.4 Å². The fraction of sp³-hybridized carbons (Fsp3) is 1.00. The molecule has 4 heteroatoms. The molecular weight excluding hydrogens is 178 g/mol. The Hall–Kier alpha value is 1.16. The van der Waals surface area contributed by atoms with Gasteiger partial charge in [0, 0.05) is 0 Å². The highest BCUT2D eigenvalue weighted by atomic mass is 35.6. The Morgan fingerprint density at radius 3 is 1.43 bits per heavy atom. The quantitative estimate of drug-likeness (QED) is 0.505. The van der Waals surface area contributed by atoms with Crippen LogP contribution in [0, 0.1) is 0 Å². The summed E-state index contributed by atoms with van der Waals surface area (Å²) in [6.45, 7) is 1.62. The SMILES string of the molecule is C[C@H](Cl)C(Cl)(Cl)Cl. The third-order valence-corrected chi connectivity index (χ3v) is 2.10. The summed E-state index contributed by atoms with van der Waals surface area (Å²) in [5.74, 6) is 0. The molecule has 7 heavy (non-hydrogen) atoms. The maximum atomic E-state index is 5.36. The predicted octanol–water partition coefficient (Wildman–Crippen LogP) is 2.98. The van der Waals surface area contributed by atoms with Crippen LogP contribution >= 0.6 is 46.4 Å². The molecule has 0 saturated carbocycles. The Balaban J connectivity index is 3.54. The van der Waals surface area contributed by atoms with Gasteiger partial charge in [0.2, 0.25) is 3.79 Å². The summed E-state index contributed by atoms with van der Waals surface area (Å²) in [6, 6.07) is 0. The first-order valence-corrected chi connectivity index (χ1v) is 3.22. The van der Waals surface area contributed by atoms with Gasteiger partial charge in [-0.2, -0.15) is 0 Å². The van der Waals surface area contributed by atoms with Gasteiger partial charge in [-0.1, -0.05) is 34.8 Å². The summed E-state index contributed by atoms with van der Waals surface area (Å²) in [4.78, 5) is 0. The van der Waals surface area contributed by atoms with Gasteiger partial charge in [0.1, 0.15) is 0 Å². The topological polar surface area (TPSA) is 0 Å². The minimum Gasteiger partial charge on any atom is -0.119 e. The second kappa shape index (κ2) is 2.63. The Bertz CT molecular complexity index is 52.4. The molecular formula is C3H4Cl4. The maximum absolute atomic E-state index is 5.36. The number of hydrogen-bond donors (Lipinski definition) is 0. The molecule has 0 nitrogen and oxygen atoms in total. The van der Waals surface area contributed by atoms with E-state index < -0.39 is 9.17 Å². The summed E-state index contributed by atoms with van der Waals surface area (Å²) >= 11 is 21.2. The van der Waals surface area contributed by atoms with Gasteiger partial charge in [-0.05, 0) is 6.92 Å².